The van der Waals surface area contributed by atoms with Gasteiger partial charge in [0, 0.05) is 0 Å². The molecule has 0 aliphatic rings. The second kappa shape index (κ2) is 8.96. The van der Waals surface area contributed by atoms with E-state index in [1.165, 1.54) is 0 Å². The van der Waals surface area contributed by atoms with Crippen LogP contribution in [0.4, 0.5) is 5.69 Å². The molecule has 0 aromatic heterocycles. The molecular formula is C21H18ClNO4. The first-order chi connectivity index (χ1) is 13.2. The van der Waals surface area contributed by atoms with Crippen molar-refractivity contribution in [3.05, 3.63) is 77.8 Å². The zero-order valence-corrected chi connectivity index (χ0v) is 15.4. The van der Waals surface area contributed by atoms with Gasteiger partial charge in [-0.1, -0.05) is 48.0 Å². The van der Waals surface area contributed by atoms with E-state index in [-0.39, 0.29) is 12.5 Å². The quantitative estimate of drug-likeness (QED) is 0.612. The second-order valence-electron chi connectivity index (χ2n) is 5.52. The molecule has 0 heterocycles. The average molecular weight is 384 g/mol. The fourth-order valence-corrected chi connectivity index (χ4v) is 2.55. The highest BCUT2D eigenvalue weighted by atomic mass is 35.5. The lowest BCUT2D eigenvalue weighted by molar-refractivity contribution is -0.118. The molecule has 6 heteroatoms. The molecule has 0 atom stereocenters. The lowest BCUT2D eigenvalue weighted by atomic mass is 10.3. The molecule has 3 aromatic carbocycles. The number of carbonyl (C=O) groups is 1. The van der Waals surface area contributed by atoms with Crippen LogP contribution < -0.4 is 19.5 Å². The SMILES string of the molecule is COc1ccccc1OCC(=O)Nc1ccccc1Oc1ccccc1Cl. The number of amides is 1. The molecule has 0 saturated heterocycles. The number of carbonyl (C=O) groups excluding carboxylic acids is 1. The summed E-state index contributed by atoms with van der Waals surface area (Å²) in [6.45, 7) is -0.166. The lowest BCUT2D eigenvalue weighted by Crippen LogP contribution is -2.20. The maximum Gasteiger partial charge on any atom is 0.262 e. The molecule has 3 rings (SSSR count). The molecule has 27 heavy (non-hydrogen) atoms. The zero-order valence-electron chi connectivity index (χ0n) is 14.6. The van der Waals surface area contributed by atoms with E-state index in [0.29, 0.717) is 33.7 Å². The maximum absolute atomic E-state index is 12.3. The van der Waals surface area contributed by atoms with Crippen LogP contribution >= 0.6 is 11.6 Å². The summed E-state index contributed by atoms with van der Waals surface area (Å²) < 4.78 is 16.6. The number of nitrogens with one attached hydrogen (secondary N) is 1. The van der Waals surface area contributed by atoms with E-state index in [9.17, 15) is 4.79 Å². The smallest absolute Gasteiger partial charge is 0.262 e. The summed E-state index contributed by atoms with van der Waals surface area (Å²) in [4.78, 5) is 12.3. The number of halogens is 1. The average Bonchev–Trinajstić information content (AvgIpc) is 2.70. The van der Waals surface area contributed by atoms with Crippen molar-refractivity contribution >= 4 is 23.2 Å². The van der Waals surface area contributed by atoms with E-state index in [1.54, 1.807) is 49.6 Å². The number of ether oxygens (including phenoxy) is 3. The molecule has 3 aromatic rings. The Bertz CT molecular complexity index is 929. The van der Waals surface area contributed by atoms with Crippen molar-refractivity contribution in [3.8, 4) is 23.0 Å². The third-order valence-electron chi connectivity index (χ3n) is 3.65. The predicted molar refractivity (Wildman–Crippen MR) is 105 cm³/mol. The minimum atomic E-state index is -0.323. The summed E-state index contributed by atoms with van der Waals surface area (Å²) in [5.41, 5.74) is 0.519. The van der Waals surface area contributed by atoms with E-state index in [0.717, 1.165) is 0 Å². The molecule has 0 spiro atoms. The Hall–Kier alpha value is -3.18. The molecule has 0 radical (unpaired) electrons. The molecular weight excluding hydrogens is 366 g/mol. The predicted octanol–water partition coefficient (Wildman–Crippen LogP) is 5.16. The fourth-order valence-electron chi connectivity index (χ4n) is 2.37. The Morgan fingerprint density at radius 2 is 1.44 bits per heavy atom. The number of anilines is 1. The van der Waals surface area contributed by atoms with Gasteiger partial charge in [0.25, 0.3) is 5.91 Å². The van der Waals surface area contributed by atoms with Crippen molar-refractivity contribution in [2.45, 2.75) is 0 Å². The number of hydrogen-bond donors (Lipinski definition) is 1. The summed E-state index contributed by atoms with van der Waals surface area (Å²) >= 11 is 6.13. The third kappa shape index (κ3) is 4.92. The third-order valence-corrected chi connectivity index (χ3v) is 3.96. The molecule has 0 fully saturated rings. The summed E-state index contributed by atoms with van der Waals surface area (Å²) in [6, 6.07) is 21.4. The van der Waals surface area contributed by atoms with Gasteiger partial charge >= 0.3 is 0 Å². The Morgan fingerprint density at radius 3 is 2.15 bits per heavy atom. The first-order valence-electron chi connectivity index (χ1n) is 8.24. The fraction of sp³-hybridized carbons (Fsp3) is 0.0952. The van der Waals surface area contributed by atoms with Gasteiger partial charge in [-0.15, -0.1) is 0 Å². The summed E-state index contributed by atoms with van der Waals surface area (Å²) in [7, 11) is 1.55. The van der Waals surface area contributed by atoms with Crippen LogP contribution in [0.3, 0.4) is 0 Å². The number of methoxy groups -OCH3 is 1. The van der Waals surface area contributed by atoms with Gasteiger partial charge in [-0.3, -0.25) is 4.79 Å². The van der Waals surface area contributed by atoms with Gasteiger partial charge in [0.05, 0.1) is 17.8 Å². The second-order valence-corrected chi connectivity index (χ2v) is 5.92. The first kappa shape index (κ1) is 18.6. The molecule has 138 valence electrons. The van der Waals surface area contributed by atoms with Crippen LogP contribution in [0, 0.1) is 0 Å². The Morgan fingerprint density at radius 1 is 0.852 bits per heavy atom. The number of benzene rings is 3. The van der Waals surface area contributed by atoms with E-state index in [2.05, 4.69) is 5.32 Å². The van der Waals surface area contributed by atoms with Gasteiger partial charge in [0.2, 0.25) is 0 Å². The highest BCUT2D eigenvalue weighted by Crippen LogP contribution is 2.33. The molecule has 1 amide bonds. The molecule has 0 bridgehead atoms. The van der Waals surface area contributed by atoms with Crippen molar-refractivity contribution in [3.63, 3.8) is 0 Å². The van der Waals surface area contributed by atoms with Gasteiger partial charge < -0.3 is 19.5 Å². The van der Waals surface area contributed by atoms with Crippen molar-refractivity contribution in [1.29, 1.82) is 0 Å². The van der Waals surface area contributed by atoms with Gasteiger partial charge in [-0.25, -0.2) is 0 Å². The van der Waals surface area contributed by atoms with Crippen molar-refractivity contribution < 1.29 is 19.0 Å². The molecule has 0 saturated carbocycles. The van der Waals surface area contributed by atoms with Crippen LogP contribution in [0.25, 0.3) is 0 Å². The van der Waals surface area contributed by atoms with Gasteiger partial charge in [0.1, 0.15) is 5.75 Å². The lowest BCUT2D eigenvalue weighted by Gasteiger charge is -2.14. The van der Waals surface area contributed by atoms with E-state index in [1.807, 2.05) is 30.3 Å². The van der Waals surface area contributed by atoms with Crippen LogP contribution in [0.1, 0.15) is 0 Å². The van der Waals surface area contributed by atoms with Gasteiger partial charge in [-0.2, -0.15) is 0 Å². The van der Waals surface area contributed by atoms with Crippen LogP contribution in [-0.2, 0) is 4.79 Å². The van der Waals surface area contributed by atoms with Gasteiger partial charge in [-0.05, 0) is 36.4 Å². The van der Waals surface area contributed by atoms with Crippen molar-refractivity contribution in [1.82, 2.24) is 0 Å². The van der Waals surface area contributed by atoms with Crippen LogP contribution in [0.15, 0.2) is 72.8 Å². The first-order valence-corrected chi connectivity index (χ1v) is 8.62. The van der Waals surface area contributed by atoms with E-state index in [4.69, 9.17) is 25.8 Å². The number of para-hydroxylation sites is 5. The molecule has 0 aliphatic carbocycles. The maximum atomic E-state index is 12.3. The Labute approximate surface area is 162 Å². The van der Waals surface area contributed by atoms with Crippen molar-refractivity contribution in [2.24, 2.45) is 0 Å². The summed E-state index contributed by atoms with van der Waals surface area (Å²) in [6.07, 6.45) is 0. The molecule has 5 nitrogen and oxygen atoms in total. The van der Waals surface area contributed by atoms with Crippen molar-refractivity contribution in [2.75, 3.05) is 19.0 Å². The van der Waals surface area contributed by atoms with Gasteiger partial charge in [0.15, 0.2) is 23.9 Å². The molecule has 0 unspecified atom stereocenters. The highest BCUT2D eigenvalue weighted by molar-refractivity contribution is 6.32. The zero-order chi connectivity index (χ0) is 19.1. The minimum absolute atomic E-state index is 0.166. The number of rotatable bonds is 7. The Balaban J connectivity index is 1.67. The molecule has 0 aliphatic heterocycles. The Kier molecular flexibility index (Phi) is 6.18. The monoisotopic (exact) mass is 383 g/mol. The standard InChI is InChI=1S/C21H18ClNO4/c1-25-19-12-6-7-13-20(19)26-14-21(24)23-16-9-3-5-11-18(16)27-17-10-4-2-8-15(17)22/h2-13H,14H2,1H3,(H,23,24). The van der Waals surface area contributed by atoms with E-state index < -0.39 is 0 Å². The summed E-state index contributed by atoms with van der Waals surface area (Å²) in [5.74, 6) is 1.72. The van der Waals surface area contributed by atoms with Crippen LogP contribution in [-0.4, -0.2) is 19.6 Å². The summed E-state index contributed by atoms with van der Waals surface area (Å²) in [5, 5.41) is 3.27. The largest absolute Gasteiger partial charge is 0.493 e. The van der Waals surface area contributed by atoms with Crippen LogP contribution in [0.5, 0.6) is 23.0 Å². The topological polar surface area (TPSA) is 56.8 Å². The number of hydrogen-bond acceptors (Lipinski definition) is 4. The normalized spacial score (nSPS) is 10.1. The minimum Gasteiger partial charge on any atom is -0.493 e. The van der Waals surface area contributed by atoms with E-state index >= 15 is 0 Å². The highest BCUT2D eigenvalue weighted by Gasteiger charge is 2.11. The van der Waals surface area contributed by atoms with Crippen LogP contribution in [0.2, 0.25) is 5.02 Å². The molecule has 1 N–H and O–H groups in total.